The van der Waals surface area contributed by atoms with Gasteiger partial charge in [-0.3, -0.25) is 0 Å². The van der Waals surface area contributed by atoms with E-state index in [9.17, 15) is 0 Å². The number of nitrogens with two attached hydrogens (primary N) is 1. The molecule has 0 radical (unpaired) electrons. The number of rotatable bonds is 0. The molecule has 1 heteroatoms. The van der Waals surface area contributed by atoms with E-state index >= 15 is 0 Å². The first kappa shape index (κ1) is 11.8. The summed E-state index contributed by atoms with van der Waals surface area (Å²) in [5.41, 5.74) is 8.31. The van der Waals surface area contributed by atoms with Gasteiger partial charge in [0.05, 0.1) is 0 Å². The van der Waals surface area contributed by atoms with Gasteiger partial charge in [-0.2, -0.15) is 0 Å². The summed E-state index contributed by atoms with van der Waals surface area (Å²) in [7, 11) is 0. The van der Waals surface area contributed by atoms with E-state index in [1.807, 2.05) is 0 Å². The van der Waals surface area contributed by atoms with Gasteiger partial charge in [-0.05, 0) is 67.7 Å². The molecule has 104 valence electrons. The Hall–Kier alpha value is -2.80. The quantitative estimate of drug-likeness (QED) is 0.222. The highest BCUT2D eigenvalue weighted by Gasteiger charge is 2.14. The number of fused-ring (bicyclic) bond motifs is 2. The minimum absolute atomic E-state index is 0.829. The van der Waals surface area contributed by atoms with Crippen LogP contribution in [-0.4, -0.2) is 0 Å². The Morgan fingerprint density at radius 2 is 1.36 bits per heavy atom. The molecule has 0 heterocycles. The molecule has 0 amide bonds. The van der Waals surface area contributed by atoms with E-state index in [1.165, 1.54) is 48.7 Å². The SMILES string of the molecule is Cc1ccc2cccc3c4cccc5cc(N)cc(c1c23)c54. The van der Waals surface area contributed by atoms with E-state index in [0.29, 0.717) is 0 Å². The van der Waals surface area contributed by atoms with Gasteiger partial charge in [0.25, 0.3) is 0 Å². The van der Waals surface area contributed by atoms with Crippen molar-refractivity contribution < 1.29 is 0 Å². The van der Waals surface area contributed by atoms with Crippen LogP contribution in [0.2, 0.25) is 0 Å². The first-order valence-corrected chi connectivity index (χ1v) is 7.59. The molecular weight excluding hydrogens is 266 g/mol. The summed E-state index contributed by atoms with van der Waals surface area (Å²) >= 11 is 0. The predicted molar refractivity (Wildman–Crippen MR) is 96.8 cm³/mol. The molecule has 0 aliphatic carbocycles. The van der Waals surface area contributed by atoms with Crippen LogP contribution in [0.5, 0.6) is 0 Å². The van der Waals surface area contributed by atoms with Crippen molar-refractivity contribution in [2.24, 2.45) is 0 Å². The fraction of sp³-hybridized carbons (Fsp3) is 0.0476. The second-order valence-electron chi connectivity index (χ2n) is 6.13. The number of hydrogen-bond donors (Lipinski definition) is 1. The third kappa shape index (κ3) is 1.33. The molecule has 0 saturated carbocycles. The Morgan fingerprint density at radius 3 is 2.18 bits per heavy atom. The van der Waals surface area contributed by atoms with Crippen LogP contribution in [0.4, 0.5) is 5.69 Å². The maximum Gasteiger partial charge on any atom is 0.0326 e. The smallest absolute Gasteiger partial charge is 0.0326 e. The number of hydrogen-bond acceptors (Lipinski definition) is 1. The van der Waals surface area contributed by atoms with Gasteiger partial charge in [0.2, 0.25) is 0 Å². The Bertz CT molecular complexity index is 1180. The van der Waals surface area contributed by atoms with Gasteiger partial charge >= 0.3 is 0 Å². The van der Waals surface area contributed by atoms with Gasteiger partial charge in [0.15, 0.2) is 0 Å². The number of benzene rings is 5. The van der Waals surface area contributed by atoms with Gasteiger partial charge in [-0.1, -0.05) is 48.5 Å². The Morgan fingerprint density at radius 1 is 0.636 bits per heavy atom. The van der Waals surface area contributed by atoms with Crippen molar-refractivity contribution in [3.8, 4) is 0 Å². The highest BCUT2D eigenvalue weighted by Crippen LogP contribution is 2.42. The second kappa shape index (κ2) is 3.89. The van der Waals surface area contributed by atoms with Crippen LogP contribution >= 0.6 is 0 Å². The van der Waals surface area contributed by atoms with Crippen LogP contribution in [0.15, 0.2) is 60.7 Å². The first-order chi connectivity index (χ1) is 10.7. The highest BCUT2D eigenvalue weighted by atomic mass is 14.5. The predicted octanol–water partition coefficient (Wildman–Crippen LogP) is 5.63. The molecule has 5 aromatic rings. The lowest BCUT2D eigenvalue weighted by Gasteiger charge is -2.16. The zero-order chi connectivity index (χ0) is 14.8. The normalized spacial score (nSPS) is 12.0. The molecule has 2 N–H and O–H groups in total. The summed E-state index contributed by atoms with van der Waals surface area (Å²) in [5, 5.41) is 10.5. The lowest BCUT2D eigenvalue weighted by atomic mass is 9.88. The summed E-state index contributed by atoms with van der Waals surface area (Å²) in [6, 6.07) is 21.7. The largest absolute Gasteiger partial charge is 0.399 e. The molecular formula is C21H15N. The lowest BCUT2D eigenvalue weighted by molar-refractivity contribution is 1.56. The number of aryl methyl sites for hydroxylation is 1. The molecule has 5 rings (SSSR count). The van der Waals surface area contributed by atoms with Crippen LogP contribution in [0.25, 0.3) is 43.1 Å². The van der Waals surface area contributed by atoms with E-state index in [0.717, 1.165) is 5.69 Å². The molecule has 0 bridgehead atoms. The zero-order valence-electron chi connectivity index (χ0n) is 12.4. The van der Waals surface area contributed by atoms with Crippen molar-refractivity contribution >= 4 is 48.8 Å². The van der Waals surface area contributed by atoms with E-state index in [4.69, 9.17) is 5.73 Å². The molecule has 5 aromatic carbocycles. The summed E-state index contributed by atoms with van der Waals surface area (Å²) in [6.45, 7) is 2.19. The van der Waals surface area contributed by atoms with E-state index in [1.54, 1.807) is 0 Å². The van der Waals surface area contributed by atoms with E-state index in [2.05, 4.69) is 67.6 Å². The van der Waals surface area contributed by atoms with Crippen LogP contribution < -0.4 is 5.73 Å². The van der Waals surface area contributed by atoms with E-state index < -0.39 is 0 Å². The molecule has 0 fully saturated rings. The molecule has 1 nitrogen and oxygen atoms in total. The van der Waals surface area contributed by atoms with Crippen molar-refractivity contribution in [3.63, 3.8) is 0 Å². The molecule has 0 unspecified atom stereocenters. The van der Waals surface area contributed by atoms with Crippen molar-refractivity contribution in [2.45, 2.75) is 6.92 Å². The number of nitrogen functional groups attached to an aromatic ring is 1. The van der Waals surface area contributed by atoms with Crippen molar-refractivity contribution in [1.29, 1.82) is 0 Å². The maximum atomic E-state index is 6.17. The molecule has 0 aromatic heterocycles. The Labute approximate surface area is 128 Å². The Balaban J connectivity index is 2.31. The third-order valence-electron chi connectivity index (χ3n) is 4.81. The summed E-state index contributed by atoms with van der Waals surface area (Å²) in [4.78, 5) is 0. The standard InChI is InChI=1S/C21H15N/c1-12-8-9-13-4-2-7-17-16-6-3-5-14-10-15(22)11-18(20(14)16)19(12)21(13)17/h2-11H,22H2,1H3. The topological polar surface area (TPSA) is 26.0 Å². The zero-order valence-corrected chi connectivity index (χ0v) is 12.4. The number of anilines is 1. The monoisotopic (exact) mass is 281 g/mol. The molecule has 0 atom stereocenters. The average molecular weight is 281 g/mol. The van der Waals surface area contributed by atoms with Gasteiger partial charge in [-0.15, -0.1) is 0 Å². The highest BCUT2D eigenvalue weighted by molar-refractivity contribution is 6.33. The molecule has 0 aliphatic rings. The fourth-order valence-electron chi connectivity index (χ4n) is 3.93. The summed E-state index contributed by atoms with van der Waals surface area (Å²) in [5.74, 6) is 0. The third-order valence-corrected chi connectivity index (χ3v) is 4.81. The van der Waals surface area contributed by atoms with Crippen LogP contribution in [0.1, 0.15) is 5.56 Å². The second-order valence-corrected chi connectivity index (χ2v) is 6.13. The molecule has 0 saturated heterocycles. The molecule has 0 spiro atoms. The van der Waals surface area contributed by atoms with Crippen molar-refractivity contribution in [2.75, 3.05) is 5.73 Å². The van der Waals surface area contributed by atoms with Gasteiger partial charge in [-0.25, -0.2) is 0 Å². The average Bonchev–Trinajstić information content (AvgIpc) is 2.52. The molecule has 22 heavy (non-hydrogen) atoms. The van der Waals surface area contributed by atoms with Crippen LogP contribution in [0, 0.1) is 6.92 Å². The maximum absolute atomic E-state index is 6.17. The van der Waals surface area contributed by atoms with Crippen LogP contribution in [-0.2, 0) is 0 Å². The van der Waals surface area contributed by atoms with Crippen molar-refractivity contribution in [1.82, 2.24) is 0 Å². The van der Waals surface area contributed by atoms with Gasteiger partial charge in [0, 0.05) is 5.69 Å². The van der Waals surface area contributed by atoms with Gasteiger partial charge in [0.1, 0.15) is 0 Å². The van der Waals surface area contributed by atoms with Crippen molar-refractivity contribution in [3.05, 3.63) is 66.2 Å². The Kier molecular flexibility index (Phi) is 2.09. The minimum Gasteiger partial charge on any atom is -0.399 e. The summed E-state index contributed by atoms with van der Waals surface area (Å²) in [6.07, 6.45) is 0. The molecule has 0 aliphatic heterocycles. The minimum atomic E-state index is 0.829. The van der Waals surface area contributed by atoms with Crippen LogP contribution in [0.3, 0.4) is 0 Å². The first-order valence-electron chi connectivity index (χ1n) is 7.59. The van der Waals surface area contributed by atoms with Gasteiger partial charge < -0.3 is 5.73 Å². The fourth-order valence-corrected chi connectivity index (χ4v) is 3.93. The lowest BCUT2D eigenvalue weighted by Crippen LogP contribution is -1.91. The summed E-state index contributed by atoms with van der Waals surface area (Å²) < 4.78 is 0. The van der Waals surface area contributed by atoms with E-state index in [-0.39, 0.29) is 0 Å².